The Labute approximate surface area is 115 Å². The number of fused-ring (bicyclic) bond motifs is 1. The van der Waals surface area contributed by atoms with Gasteiger partial charge in [0.15, 0.2) is 0 Å². The van der Waals surface area contributed by atoms with Crippen molar-refractivity contribution in [3.05, 3.63) is 56.9 Å². The van der Waals surface area contributed by atoms with Crippen LogP contribution in [0.15, 0.2) is 24.3 Å². The van der Waals surface area contributed by atoms with Gasteiger partial charge in [-0.2, -0.15) is 0 Å². The van der Waals surface area contributed by atoms with Crippen molar-refractivity contribution in [2.45, 2.75) is 19.8 Å². The van der Waals surface area contributed by atoms with E-state index in [-0.39, 0.29) is 11.6 Å². The zero-order valence-corrected chi connectivity index (χ0v) is 11.1. The Morgan fingerprint density at radius 3 is 2.60 bits per heavy atom. The highest BCUT2D eigenvalue weighted by atomic mass is 16.6. The van der Waals surface area contributed by atoms with Gasteiger partial charge in [-0.15, -0.1) is 0 Å². The van der Waals surface area contributed by atoms with Gasteiger partial charge >= 0.3 is 0 Å². The molecule has 0 bridgehead atoms. The van der Waals surface area contributed by atoms with E-state index in [0.717, 1.165) is 17.0 Å². The minimum atomic E-state index is -0.515. The van der Waals surface area contributed by atoms with Crippen LogP contribution in [0.25, 0.3) is 0 Å². The fraction of sp³-hybridized carbons (Fsp3) is 0.214. The average Bonchev–Trinajstić information content (AvgIpc) is 2.86. The molecule has 1 atom stereocenters. The molecular weight excluding hydrogens is 258 g/mol. The molecule has 2 aromatic rings. The number of carbonyl (C=O) groups excluding carboxylic acids is 1. The molecule has 1 unspecified atom stereocenters. The van der Waals surface area contributed by atoms with E-state index >= 15 is 0 Å². The van der Waals surface area contributed by atoms with Crippen LogP contribution in [-0.2, 0) is 4.79 Å². The molecule has 0 saturated carbocycles. The van der Waals surface area contributed by atoms with Crippen LogP contribution in [0.4, 0.5) is 11.4 Å². The average molecular weight is 271 g/mol. The number of aromatic amines is 1. The van der Waals surface area contributed by atoms with Crippen molar-refractivity contribution in [3.8, 4) is 0 Å². The van der Waals surface area contributed by atoms with E-state index in [1.165, 1.54) is 12.1 Å². The highest BCUT2D eigenvalue weighted by Crippen LogP contribution is 2.39. The van der Waals surface area contributed by atoms with E-state index in [2.05, 4.69) is 10.3 Å². The zero-order valence-electron chi connectivity index (χ0n) is 11.1. The van der Waals surface area contributed by atoms with Crippen molar-refractivity contribution in [2.24, 2.45) is 0 Å². The molecule has 1 aliphatic heterocycles. The molecule has 2 heterocycles. The smallest absolute Gasteiger partial charge is 0.269 e. The van der Waals surface area contributed by atoms with Gasteiger partial charge in [0.05, 0.1) is 4.92 Å². The predicted octanol–water partition coefficient (Wildman–Crippen LogP) is 2.62. The second-order valence-corrected chi connectivity index (χ2v) is 5.00. The van der Waals surface area contributed by atoms with Crippen LogP contribution in [0.3, 0.4) is 0 Å². The number of benzene rings is 1. The van der Waals surface area contributed by atoms with Crippen LogP contribution in [0.1, 0.15) is 28.4 Å². The Hall–Kier alpha value is -2.63. The third-order valence-corrected chi connectivity index (χ3v) is 3.56. The van der Waals surface area contributed by atoms with E-state index in [1.807, 2.05) is 19.9 Å². The Bertz CT molecular complexity index is 733. The molecular formula is C14H13N3O3. The molecule has 2 N–H and O–H groups in total. The maximum Gasteiger partial charge on any atom is 0.269 e. The normalized spacial score (nSPS) is 16.9. The van der Waals surface area contributed by atoms with Crippen LogP contribution in [0.5, 0.6) is 0 Å². The van der Waals surface area contributed by atoms with Gasteiger partial charge in [0.2, 0.25) is 5.91 Å². The largest absolute Gasteiger partial charge is 0.361 e. The first-order valence-electron chi connectivity index (χ1n) is 6.22. The standard InChI is InChI=1S/C14H13N3O3/c1-7-5-8(2)15-13(7)12-10-6-9(17(19)20)3-4-11(10)16-14(12)18/h3-6,12,15H,1-2H3,(H,16,18). The van der Waals surface area contributed by atoms with Crippen LogP contribution < -0.4 is 5.32 Å². The molecule has 0 saturated heterocycles. The number of aromatic nitrogens is 1. The second-order valence-electron chi connectivity index (χ2n) is 5.00. The lowest BCUT2D eigenvalue weighted by atomic mass is 9.95. The van der Waals surface area contributed by atoms with E-state index in [4.69, 9.17) is 0 Å². The number of nitrogens with one attached hydrogen (secondary N) is 2. The summed E-state index contributed by atoms with van der Waals surface area (Å²) in [6.07, 6.45) is 0. The number of aryl methyl sites for hydroxylation is 2. The molecule has 3 rings (SSSR count). The van der Waals surface area contributed by atoms with Crippen molar-refractivity contribution >= 4 is 17.3 Å². The number of nitro groups is 1. The summed E-state index contributed by atoms with van der Waals surface area (Å²) in [6, 6.07) is 6.40. The van der Waals surface area contributed by atoms with Gasteiger partial charge < -0.3 is 10.3 Å². The Morgan fingerprint density at radius 1 is 1.25 bits per heavy atom. The number of anilines is 1. The summed E-state index contributed by atoms with van der Waals surface area (Å²) in [5.74, 6) is -0.677. The van der Waals surface area contributed by atoms with Gasteiger partial charge in [0.25, 0.3) is 5.69 Å². The van der Waals surface area contributed by atoms with Crippen molar-refractivity contribution in [1.29, 1.82) is 0 Å². The molecule has 0 aliphatic carbocycles. The fourth-order valence-electron chi connectivity index (χ4n) is 2.70. The first kappa shape index (κ1) is 12.4. The number of carbonyl (C=O) groups is 1. The minimum Gasteiger partial charge on any atom is -0.361 e. The van der Waals surface area contributed by atoms with Gasteiger partial charge in [-0.1, -0.05) is 0 Å². The molecule has 6 heteroatoms. The number of H-pyrrole nitrogens is 1. The fourth-order valence-corrected chi connectivity index (χ4v) is 2.70. The first-order chi connectivity index (χ1) is 9.47. The minimum absolute atomic E-state index is 0.00817. The maximum atomic E-state index is 12.2. The van der Waals surface area contributed by atoms with Gasteiger partial charge in [0.1, 0.15) is 5.92 Å². The molecule has 0 radical (unpaired) electrons. The number of nitro benzene ring substituents is 1. The van der Waals surface area contributed by atoms with Gasteiger partial charge in [0, 0.05) is 34.8 Å². The van der Waals surface area contributed by atoms with Crippen molar-refractivity contribution in [1.82, 2.24) is 4.98 Å². The summed E-state index contributed by atoms with van der Waals surface area (Å²) >= 11 is 0. The molecule has 0 spiro atoms. The lowest BCUT2D eigenvalue weighted by Gasteiger charge is -2.08. The summed E-state index contributed by atoms with van der Waals surface area (Å²) in [5, 5.41) is 13.7. The lowest BCUT2D eigenvalue weighted by molar-refractivity contribution is -0.384. The second kappa shape index (κ2) is 4.19. The molecule has 1 aromatic heterocycles. The summed E-state index contributed by atoms with van der Waals surface area (Å²) in [6.45, 7) is 3.83. The predicted molar refractivity (Wildman–Crippen MR) is 73.8 cm³/mol. The summed E-state index contributed by atoms with van der Waals surface area (Å²) < 4.78 is 0. The molecule has 6 nitrogen and oxygen atoms in total. The SMILES string of the molecule is Cc1cc(C)c(C2C(=O)Nc3ccc([N+](=O)[O-])cc32)[nH]1. The summed E-state index contributed by atoms with van der Waals surface area (Å²) in [5.41, 5.74) is 4.00. The molecule has 20 heavy (non-hydrogen) atoms. The molecule has 102 valence electrons. The van der Waals surface area contributed by atoms with E-state index in [0.29, 0.717) is 11.3 Å². The third-order valence-electron chi connectivity index (χ3n) is 3.56. The Morgan fingerprint density at radius 2 is 2.00 bits per heavy atom. The highest BCUT2D eigenvalue weighted by Gasteiger charge is 2.35. The van der Waals surface area contributed by atoms with Crippen molar-refractivity contribution in [3.63, 3.8) is 0 Å². The van der Waals surface area contributed by atoms with Crippen LogP contribution >= 0.6 is 0 Å². The van der Waals surface area contributed by atoms with Crippen molar-refractivity contribution in [2.75, 3.05) is 5.32 Å². The maximum absolute atomic E-state index is 12.2. The number of hydrogen-bond acceptors (Lipinski definition) is 3. The van der Waals surface area contributed by atoms with Crippen molar-refractivity contribution < 1.29 is 9.72 Å². The van der Waals surface area contributed by atoms with Gasteiger partial charge in [-0.3, -0.25) is 14.9 Å². The molecule has 0 fully saturated rings. The number of rotatable bonds is 2. The number of non-ortho nitro benzene ring substituents is 1. The number of amides is 1. The lowest BCUT2D eigenvalue weighted by Crippen LogP contribution is -2.14. The summed E-state index contributed by atoms with van der Waals surface area (Å²) in [7, 11) is 0. The topological polar surface area (TPSA) is 88.0 Å². The van der Waals surface area contributed by atoms with E-state index in [1.54, 1.807) is 6.07 Å². The van der Waals surface area contributed by atoms with Crippen LogP contribution in [0.2, 0.25) is 0 Å². The van der Waals surface area contributed by atoms with Gasteiger partial charge in [-0.05, 0) is 31.5 Å². The zero-order chi connectivity index (χ0) is 14.4. The third kappa shape index (κ3) is 1.77. The van der Waals surface area contributed by atoms with Crippen LogP contribution in [0, 0.1) is 24.0 Å². The quantitative estimate of drug-likeness (QED) is 0.650. The number of hydrogen-bond donors (Lipinski definition) is 2. The Balaban J connectivity index is 2.15. The monoisotopic (exact) mass is 271 g/mol. The molecule has 1 aliphatic rings. The Kier molecular flexibility index (Phi) is 2.60. The van der Waals surface area contributed by atoms with Gasteiger partial charge in [-0.25, -0.2) is 0 Å². The highest BCUT2D eigenvalue weighted by molar-refractivity contribution is 6.05. The number of nitrogens with zero attached hydrogens (tertiary/aromatic N) is 1. The molecule has 1 amide bonds. The van der Waals surface area contributed by atoms with E-state index in [9.17, 15) is 14.9 Å². The van der Waals surface area contributed by atoms with E-state index < -0.39 is 10.8 Å². The summed E-state index contributed by atoms with van der Waals surface area (Å²) in [4.78, 5) is 25.8. The van der Waals surface area contributed by atoms with Crippen LogP contribution in [-0.4, -0.2) is 15.8 Å². The molecule has 1 aromatic carbocycles. The first-order valence-corrected chi connectivity index (χ1v) is 6.22.